The molecular weight excluding hydrogens is 300 g/mol. The van der Waals surface area contributed by atoms with Crippen molar-refractivity contribution in [3.8, 4) is 28.7 Å². The molecule has 23 heavy (non-hydrogen) atoms. The van der Waals surface area contributed by atoms with Crippen LogP contribution in [0.15, 0.2) is 36.1 Å². The van der Waals surface area contributed by atoms with E-state index in [2.05, 4.69) is 0 Å². The van der Waals surface area contributed by atoms with Gasteiger partial charge in [0.25, 0.3) is 0 Å². The largest absolute Gasteiger partial charge is 0.504 e. The summed E-state index contributed by atoms with van der Waals surface area (Å²) in [5.41, 5.74) is 0.870. The average molecular weight is 314 g/mol. The number of carbonyl (C=O) groups excluding carboxylic acids is 1. The lowest BCUT2D eigenvalue weighted by atomic mass is 10.1. The van der Waals surface area contributed by atoms with Crippen LogP contribution in [0.3, 0.4) is 0 Å². The number of ketones is 1. The van der Waals surface area contributed by atoms with Crippen molar-refractivity contribution in [3.63, 3.8) is 0 Å². The van der Waals surface area contributed by atoms with Crippen LogP contribution in [-0.2, 0) is 0 Å². The molecule has 0 spiro atoms. The molecule has 0 aromatic heterocycles. The number of fused-ring (bicyclic) bond motifs is 1. The molecular formula is C17H14O6. The smallest absolute Gasteiger partial charge is 0.232 e. The summed E-state index contributed by atoms with van der Waals surface area (Å²) in [5.74, 6) is -0.0696. The molecule has 0 bridgehead atoms. The Balaban J connectivity index is 1.99. The second-order valence-electron chi connectivity index (χ2n) is 4.86. The molecule has 2 aromatic rings. The molecule has 1 heterocycles. The minimum Gasteiger partial charge on any atom is -0.504 e. The van der Waals surface area contributed by atoms with E-state index in [9.17, 15) is 15.0 Å². The Morgan fingerprint density at radius 2 is 1.78 bits per heavy atom. The molecule has 1 aliphatic heterocycles. The van der Waals surface area contributed by atoms with E-state index in [0.29, 0.717) is 17.1 Å². The number of allylic oxidation sites excluding steroid dienone is 1. The van der Waals surface area contributed by atoms with Crippen LogP contribution in [0.5, 0.6) is 28.7 Å². The van der Waals surface area contributed by atoms with Gasteiger partial charge in [0.1, 0.15) is 0 Å². The van der Waals surface area contributed by atoms with Gasteiger partial charge in [0.15, 0.2) is 28.8 Å². The van der Waals surface area contributed by atoms with Gasteiger partial charge in [-0.3, -0.25) is 4.79 Å². The summed E-state index contributed by atoms with van der Waals surface area (Å²) < 4.78 is 15.8. The lowest BCUT2D eigenvalue weighted by Gasteiger charge is -2.08. The lowest BCUT2D eigenvalue weighted by Crippen LogP contribution is -1.98. The Morgan fingerprint density at radius 3 is 2.48 bits per heavy atom. The summed E-state index contributed by atoms with van der Waals surface area (Å²) >= 11 is 0. The van der Waals surface area contributed by atoms with Gasteiger partial charge in [-0.2, -0.15) is 0 Å². The Morgan fingerprint density at radius 1 is 1.04 bits per heavy atom. The van der Waals surface area contributed by atoms with Gasteiger partial charge in [-0.25, -0.2) is 0 Å². The Hall–Kier alpha value is -3.15. The highest BCUT2D eigenvalue weighted by Gasteiger charge is 2.31. The molecule has 0 radical (unpaired) electrons. The molecule has 3 rings (SSSR count). The first kappa shape index (κ1) is 14.8. The molecule has 0 amide bonds. The van der Waals surface area contributed by atoms with Gasteiger partial charge >= 0.3 is 0 Å². The summed E-state index contributed by atoms with van der Waals surface area (Å²) in [6.45, 7) is 0. The van der Waals surface area contributed by atoms with Crippen LogP contribution >= 0.6 is 0 Å². The van der Waals surface area contributed by atoms with E-state index in [1.807, 2.05) is 0 Å². The van der Waals surface area contributed by atoms with Gasteiger partial charge in [-0.1, -0.05) is 6.07 Å². The van der Waals surface area contributed by atoms with Gasteiger partial charge in [-0.15, -0.1) is 0 Å². The third kappa shape index (κ3) is 2.44. The van der Waals surface area contributed by atoms with Crippen molar-refractivity contribution in [1.29, 1.82) is 0 Å². The molecule has 0 aliphatic carbocycles. The molecule has 6 heteroatoms. The van der Waals surface area contributed by atoms with Crippen molar-refractivity contribution in [2.75, 3.05) is 14.2 Å². The van der Waals surface area contributed by atoms with Crippen molar-refractivity contribution in [1.82, 2.24) is 0 Å². The quantitative estimate of drug-likeness (QED) is 0.669. The molecule has 0 unspecified atom stereocenters. The maximum atomic E-state index is 12.3. The average Bonchev–Trinajstić information content (AvgIpc) is 2.88. The number of aromatic hydroxyl groups is 2. The van der Waals surface area contributed by atoms with Crippen LogP contribution in [0.1, 0.15) is 15.9 Å². The zero-order chi connectivity index (χ0) is 16.6. The first-order valence-electron chi connectivity index (χ1n) is 6.76. The Bertz CT molecular complexity index is 822. The molecule has 6 nitrogen and oxygen atoms in total. The van der Waals surface area contributed by atoms with Crippen molar-refractivity contribution in [2.45, 2.75) is 0 Å². The predicted octanol–water partition coefficient (Wildman–Crippen LogP) is 2.73. The number of rotatable bonds is 3. The van der Waals surface area contributed by atoms with E-state index in [4.69, 9.17) is 14.2 Å². The highest BCUT2D eigenvalue weighted by molar-refractivity contribution is 6.15. The summed E-state index contributed by atoms with van der Waals surface area (Å²) in [5, 5.41) is 19.3. The van der Waals surface area contributed by atoms with Gasteiger partial charge in [0.2, 0.25) is 11.5 Å². The van der Waals surface area contributed by atoms with E-state index in [0.717, 1.165) is 0 Å². The SMILES string of the molecule is COc1ccc(/C=C2\Oc3c(ccc(O)c3O)C2=O)cc1OC. The topological polar surface area (TPSA) is 85.2 Å². The molecule has 2 N–H and O–H groups in total. The molecule has 0 fully saturated rings. The van der Waals surface area contributed by atoms with E-state index in [-0.39, 0.29) is 28.6 Å². The van der Waals surface area contributed by atoms with Gasteiger partial charge in [0, 0.05) is 0 Å². The molecule has 0 saturated heterocycles. The summed E-state index contributed by atoms with van der Waals surface area (Å²) in [6.07, 6.45) is 1.53. The van der Waals surface area contributed by atoms with E-state index in [1.54, 1.807) is 18.2 Å². The fraction of sp³-hybridized carbons (Fsp3) is 0.118. The minimum atomic E-state index is -0.452. The Labute approximate surface area is 132 Å². The number of benzene rings is 2. The summed E-state index contributed by atoms with van der Waals surface area (Å²) in [7, 11) is 3.05. The predicted molar refractivity (Wildman–Crippen MR) is 82.3 cm³/mol. The van der Waals surface area contributed by atoms with Crippen LogP contribution in [0.4, 0.5) is 0 Å². The number of hydrogen-bond acceptors (Lipinski definition) is 6. The first-order valence-corrected chi connectivity index (χ1v) is 6.76. The Kier molecular flexibility index (Phi) is 3.57. The second-order valence-corrected chi connectivity index (χ2v) is 4.86. The van der Waals surface area contributed by atoms with Crippen molar-refractivity contribution in [3.05, 3.63) is 47.2 Å². The second kappa shape index (κ2) is 5.57. The maximum absolute atomic E-state index is 12.3. The third-order valence-electron chi connectivity index (χ3n) is 3.50. The highest BCUT2D eigenvalue weighted by Crippen LogP contribution is 2.44. The number of hydrogen-bond donors (Lipinski definition) is 2. The zero-order valence-electron chi connectivity index (χ0n) is 12.5. The minimum absolute atomic E-state index is 0.0401. The van der Waals surface area contributed by atoms with Crippen LogP contribution < -0.4 is 14.2 Å². The zero-order valence-corrected chi connectivity index (χ0v) is 12.5. The molecule has 0 atom stereocenters. The first-order chi connectivity index (χ1) is 11.0. The van der Waals surface area contributed by atoms with Crippen LogP contribution in [0, 0.1) is 0 Å². The van der Waals surface area contributed by atoms with E-state index >= 15 is 0 Å². The number of methoxy groups -OCH3 is 2. The normalized spacial score (nSPS) is 14.5. The number of phenols is 2. The van der Waals surface area contributed by atoms with Gasteiger partial charge in [0.05, 0.1) is 19.8 Å². The number of Topliss-reactive ketones (excluding diaryl/α,β-unsaturated/α-hetero) is 1. The van der Waals surface area contributed by atoms with Crippen LogP contribution in [0.25, 0.3) is 6.08 Å². The molecule has 2 aromatic carbocycles. The molecule has 0 saturated carbocycles. The number of carbonyl (C=O) groups is 1. The van der Waals surface area contributed by atoms with Gasteiger partial charge in [-0.05, 0) is 35.9 Å². The highest BCUT2D eigenvalue weighted by atomic mass is 16.5. The number of phenolic OH excluding ortho intramolecular Hbond substituents is 2. The lowest BCUT2D eigenvalue weighted by molar-refractivity contribution is 0.101. The molecule has 118 valence electrons. The van der Waals surface area contributed by atoms with Crippen LogP contribution in [-0.4, -0.2) is 30.2 Å². The van der Waals surface area contributed by atoms with Crippen molar-refractivity contribution < 1.29 is 29.2 Å². The van der Waals surface area contributed by atoms with Crippen LogP contribution in [0.2, 0.25) is 0 Å². The maximum Gasteiger partial charge on any atom is 0.232 e. The standard InChI is InChI=1S/C17H14O6/c1-21-12-6-3-9(7-13(12)22-2)8-14-15(19)10-4-5-11(18)16(20)17(10)23-14/h3-8,18,20H,1-2H3/b14-8-. The van der Waals surface area contributed by atoms with E-state index < -0.39 is 5.75 Å². The number of ether oxygens (including phenoxy) is 3. The third-order valence-corrected chi connectivity index (χ3v) is 3.50. The molecule has 1 aliphatic rings. The fourth-order valence-electron chi connectivity index (χ4n) is 2.32. The summed E-state index contributed by atoms with van der Waals surface area (Å²) in [4.78, 5) is 12.3. The monoisotopic (exact) mass is 314 g/mol. The van der Waals surface area contributed by atoms with E-state index in [1.165, 1.54) is 32.4 Å². The van der Waals surface area contributed by atoms with Crippen molar-refractivity contribution in [2.24, 2.45) is 0 Å². The van der Waals surface area contributed by atoms with Gasteiger partial charge < -0.3 is 24.4 Å². The fourth-order valence-corrected chi connectivity index (χ4v) is 2.32. The van der Waals surface area contributed by atoms with Crippen molar-refractivity contribution >= 4 is 11.9 Å². The summed E-state index contributed by atoms with van der Waals surface area (Å²) in [6, 6.07) is 7.80.